The number of carbonyl (C=O) groups excluding carboxylic acids is 3. The minimum Gasteiger partial charge on any atom is -0.355 e. The molecule has 2 aromatic carbocycles. The van der Waals surface area contributed by atoms with Crippen LogP contribution >= 0.6 is 0 Å². The zero-order valence-electron chi connectivity index (χ0n) is 18.8. The molecule has 2 aromatic rings. The summed E-state index contributed by atoms with van der Waals surface area (Å²) in [5.74, 6) is -0.248. The SMILES string of the molecule is CCCN1C/C(=C/c2ccc(C(=O)NC)cc2)C(=O)/C(=C/c2ccc(C(=O)NC)cc2)C1. The fourth-order valence-corrected chi connectivity index (χ4v) is 3.74. The molecule has 1 heterocycles. The van der Waals surface area contributed by atoms with Crippen molar-refractivity contribution in [1.82, 2.24) is 15.5 Å². The maximum atomic E-state index is 13.2. The smallest absolute Gasteiger partial charge is 0.251 e. The Kier molecular flexibility index (Phi) is 7.73. The summed E-state index contributed by atoms with van der Waals surface area (Å²) >= 11 is 0. The van der Waals surface area contributed by atoms with Crippen molar-refractivity contribution in [1.29, 1.82) is 0 Å². The predicted octanol–water partition coefficient (Wildman–Crippen LogP) is 3.17. The summed E-state index contributed by atoms with van der Waals surface area (Å²) in [5, 5.41) is 5.21. The molecule has 1 aliphatic rings. The number of hydrogen-bond acceptors (Lipinski definition) is 4. The standard InChI is InChI=1S/C26H29N3O3/c1-4-13-29-16-22(14-18-5-9-20(10-6-18)25(31)27-2)24(30)23(17-29)15-19-7-11-21(12-8-19)26(32)28-3/h5-12,14-15H,4,13,16-17H2,1-3H3,(H,27,31)(H,28,32)/b22-14-,23-15+. The molecule has 0 radical (unpaired) electrons. The van der Waals surface area contributed by atoms with Crippen LogP contribution in [0.5, 0.6) is 0 Å². The van der Waals surface area contributed by atoms with E-state index in [0.717, 1.165) is 35.2 Å². The molecule has 2 amide bonds. The van der Waals surface area contributed by atoms with E-state index in [4.69, 9.17) is 0 Å². The third kappa shape index (κ3) is 5.59. The number of benzene rings is 2. The lowest BCUT2D eigenvalue weighted by molar-refractivity contribution is -0.113. The molecule has 0 spiro atoms. The molecule has 1 saturated heterocycles. The van der Waals surface area contributed by atoms with E-state index in [-0.39, 0.29) is 17.6 Å². The summed E-state index contributed by atoms with van der Waals surface area (Å²) in [6.45, 7) is 4.21. The molecule has 0 saturated carbocycles. The van der Waals surface area contributed by atoms with E-state index in [2.05, 4.69) is 22.5 Å². The summed E-state index contributed by atoms with van der Waals surface area (Å²) < 4.78 is 0. The van der Waals surface area contributed by atoms with Gasteiger partial charge in [-0.1, -0.05) is 31.2 Å². The number of amides is 2. The molecule has 1 fully saturated rings. The van der Waals surface area contributed by atoms with Crippen LogP contribution in [-0.2, 0) is 4.79 Å². The Morgan fingerprint density at radius 2 is 1.22 bits per heavy atom. The second-order valence-electron chi connectivity index (χ2n) is 7.78. The number of Topliss-reactive ketones (excluding diaryl/α,β-unsaturated/α-hetero) is 1. The van der Waals surface area contributed by atoms with Gasteiger partial charge in [-0.15, -0.1) is 0 Å². The molecular formula is C26H29N3O3. The number of rotatable bonds is 6. The van der Waals surface area contributed by atoms with Crippen LogP contribution < -0.4 is 10.6 Å². The van der Waals surface area contributed by atoms with Gasteiger partial charge < -0.3 is 10.6 Å². The lowest BCUT2D eigenvalue weighted by atomic mass is 9.93. The van der Waals surface area contributed by atoms with Gasteiger partial charge in [0.2, 0.25) is 0 Å². The van der Waals surface area contributed by atoms with Crippen molar-refractivity contribution < 1.29 is 14.4 Å². The van der Waals surface area contributed by atoms with Crippen LogP contribution in [0.2, 0.25) is 0 Å². The average molecular weight is 432 g/mol. The summed E-state index contributed by atoms with van der Waals surface area (Å²) in [5.41, 5.74) is 4.38. The minimum absolute atomic E-state index is 0.0307. The average Bonchev–Trinajstić information content (AvgIpc) is 2.82. The first-order chi connectivity index (χ1) is 15.4. The number of hydrogen-bond donors (Lipinski definition) is 2. The van der Waals surface area contributed by atoms with Crippen molar-refractivity contribution in [2.75, 3.05) is 33.7 Å². The highest BCUT2D eigenvalue weighted by atomic mass is 16.2. The van der Waals surface area contributed by atoms with Crippen LogP contribution in [0.3, 0.4) is 0 Å². The number of likely N-dealkylation sites (tertiary alicyclic amines) is 1. The summed E-state index contributed by atoms with van der Waals surface area (Å²) in [6.07, 6.45) is 4.80. The Bertz CT molecular complexity index is 969. The molecule has 1 aliphatic heterocycles. The molecule has 166 valence electrons. The highest BCUT2D eigenvalue weighted by Gasteiger charge is 2.25. The Hall–Kier alpha value is -3.51. The van der Waals surface area contributed by atoms with Gasteiger partial charge in [-0.2, -0.15) is 0 Å². The first kappa shape index (κ1) is 23.2. The molecule has 32 heavy (non-hydrogen) atoms. The van der Waals surface area contributed by atoms with Gasteiger partial charge in [-0.05, 0) is 60.5 Å². The Morgan fingerprint density at radius 1 is 0.812 bits per heavy atom. The number of piperidine rings is 1. The van der Waals surface area contributed by atoms with Gasteiger partial charge in [-0.25, -0.2) is 0 Å². The first-order valence-electron chi connectivity index (χ1n) is 10.8. The van der Waals surface area contributed by atoms with Crippen molar-refractivity contribution in [2.24, 2.45) is 0 Å². The van der Waals surface area contributed by atoms with Gasteiger partial charge in [0.25, 0.3) is 11.8 Å². The van der Waals surface area contributed by atoms with Gasteiger partial charge in [0.05, 0.1) is 0 Å². The molecule has 0 aromatic heterocycles. The molecule has 0 aliphatic carbocycles. The quantitative estimate of drug-likeness (QED) is 0.689. The lowest BCUT2D eigenvalue weighted by Crippen LogP contribution is -2.38. The van der Waals surface area contributed by atoms with Gasteiger partial charge in [0.15, 0.2) is 5.78 Å². The van der Waals surface area contributed by atoms with E-state index >= 15 is 0 Å². The largest absolute Gasteiger partial charge is 0.355 e. The zero-order chi connectivity index (χ0) is 23.1. The number of nitrogens with one attached hydrogen (secondary N) is 2. The Labute approximate surface area is 189 Å². The van der Waals surface area contributed by atoms with Crippen molar-refractivity contribution in [3.8, 4) is 0 Å². The summed E-state index contributed by atoms with van der Waals surface area (Å²) in [4.78, 5) is 39.0. The fourth-order valence-electron chi connectivity index (χ4n) is 3.74. The Balaban J connectivity index is 1.88. The Morgan fingerprint density at radius 3 is 1.56 bits per heavy atom. The lowest BCUT2D eigenvalue weighted by Gasteiger charge is -2.29. The van der Waals surface area contributed by atoms with Crippen LogP contribution in [0.1, 0.15) is 45.2 Å². The van der Waals surface area contributed by atoms with Crippen molar-refractivity contribution in [3.63, 3.8) is 0 Å². The molecule has 0 atom stereocenters. The van der Waals surface area contributed by atoms with Crippen LogP contribution in [0, 0.1) is 0 Å². The molecule has 6 nitrogen and oxygen atoms in total. The molecular weight excluding hydrogens is 402 g/mol. The highest BCUT2D eigenvalue weighted by molar-refractivity contribution is 6.14. The van der Waals surface area contributed by atoms with E-state index in [0.29, 0.717) is 24.2 Å². The first-order valence-corrected chi connectivity index (χ1v) is 10.8. The van der Waals surface area contributed by atoms with E-state index < -0.39 is 0 Å². The highest BCUT2D eigenvalue weighted by Crippen LogP contribution is 2.23. The molecule has 0 bridgehead atoms. The van der Waals surface area contributed by atoms with Crippen molar-refractivity contribution in [2.45, 2.75) is 13.3 Å². The summed E-state index contributed by atoms with van der Waals surface area (Å²) in [6, 6.07) is 14.4. The van der Waals surface area contributed by atoms with Gasteiger partial charge in [0, 0.05) is 49.5 Å². The van der Waals surface area contributed by atoms with Gasteiger partial charge in [0.1, 0.15) is 0 Å². The van der Waals surface area contributed by atoms with Crippen molar-refractivity contribution in [3.05, 3.63) is 81.9 Å². The van der Waals surface area contributed by atoms with E-state index in [1.54, 1.807) is 38.4 Å². The number of carbonyl (C=O) groups is 3. The predicted molar refractivity (Wildman–Crippen MR) is 127 cm³/mol. The van der Waals surface area contributed by atoms with Gasteiger partial charge in [-0.3, -0.25) is 19.3 Å². The van der Waals surface area contributed by atoms with Crippen LogP contribution in [0.15, 0.2) is 59.7 Å². The normalized spacial score (nSPS) is 16.9. The molecule has 0 unspecified atom stereocenters. The van der Waals surface area contributed by atoms with Crippen LogP contribution in [-0.4, -0.2) is 56.2 Å². The molecule has 6 heteroatoms. The molecule has 3 rings (SSSR count). The topological polar surface area (TPSA) is 78.5 Å². The van der Waals surface area contributed by atoms with E-state index in [1.807, 2.05) is 36.4 Å². The number of nitrogens with zero attached hydrogens (tertiary/aromatic N) is 1. The maximum Gasteiger partial charge on any atom is 0.251 e. The van der Waals surface area contributed by atoms with Crippen LogP contribution in [0.4, 0.5) is 0 Å². The van der Waals surface area contributed by atoms with Crippen molar-refractivity contribution >= 4 is 29.7 Å². The second kappa shape index (κ2) is 10.7. The van der Waals surface area contributed by atoms with E-state index in [9.17, 15) is 14.4 Å². The second-order valence-corrected chi connectivity index (χ2v) is 7.78. The third-order valence-corrected chi connectivity index (χ3v) is 5.39. The fraction of sp³-hybridized carbons (Fsp3) is 0.269. The monoisotopic (exact) mass is 431 g/mol. The summed E-state index contributed by atoms with van der Waals surface area (Å²) in [7, 11) is 3.20. The minimum atomic E-state index is -0.139. The molecule has 2 N–H and O–H groups in total. The number of ketones is 1. The van der Waals surface area contributed by atoms with E-state index in [1.165, 1.54) is 0 Å². The van der Waals surface area contributed by atoms with Gasteiger partial charge >= 0.3 is 0 Å². The zero-order valence-corrected chi connectivity index (χ0v) is 18.8. The maximum absolute atomic E-state index is 13.2. The third-order valence-electron chi connectivity index (χ3n) is 5.39. The van der Waals surface area contributed by atoms with Crippen LogP contribution in [0.25, 0.3) is 12.2 Å².